The Balaban J connectivity index is 2.28. The monoisotopic (exact) mass is 285 g/mol. The van der Waals surface area contributed by atoms with E-state index in [2.05, 4.69) is 5.32 Å². The molecule has 0 radical (unpaired) electrons. The van der Waals surface area contributed by atoms with E-state index in [9.17, 15) is 14.9 Å². The van der Waals surface area contributed by atoms with Crippen molar-refractivity contribution in [3.05, 3.63) is 63.2 Å². The first kappa shape index (κ1) is 14.5. The van der Waals surface area contributed by atoms with E-state index >= 15 is 0 Å². The average Bonchev–Trinajstić information content (AvgIpc) is 2.42. The number of rotatable bonds is 3. The van der Waals surface area contributed by atoms with Gasteiger partial charge in [0, 0.05) is 17.3 Å². The molecule has 3 N–H and O–H groups in total. The summed E-state index contributed by atoms with van der Waals surface area (Å²) < 4.78 is 0. The summed E-state index contributed by atoms with van der Waals surface area (Å²) in [7, 11) is 0. The summed E-state index contributed by atoms with van der Waals surface area (Å²) in [4.78, 5) is 22.4. The second kappa shape index (κ2) is 5.62. The van der Waals surface area contributed by atoms with E-state index in [4.69, 9.17) is 5.73 Å². The van der Waals surface area contributed by atoms with Crippen molar-refractivity contribution in [3.8, 4) is 0 Å². The predicted octanol–water partition coefficient (Wildman–Crippen LogP) is 3.05. The van der Waals surface area contributed by atoms with Gasteiger partial charge in [0.25, 0.3) is 11.6 Å². The Morgan fingerprint density at radius 3 is 2.52 bits per heavy atom. The van der Waals surface area contributed by atoms with Gasteiger partial charge in [-0.2, -0.15) is 0 Å². The maximum Gasteiger partial charge on any atom is 0.292 e. The third-order valence-corrected chi connectivity index (χ3v) is 3.12. The molecule has 2 rings (SSSR count). The van der Waals surface area contributed by atoms with Gasteiger partial charge >= 0.3 is 0 Å². The molecule has 0 aliphatic heterocycles. The lowest BCUT2D eigenvalue weighted by Gasteiger charge is -2.09. The van der Waals surface area contributed by atoms with Crippen molar-refractivity contribution in [1.82, 2.24) is 0 Å². The highest BCUT2D eigenvalue weighted by Gasteiger charge is 2.16. The second-order valence-electron chi connectivity index (χ2n) is 4.80. The van der Waals surface area contributed by atoms with E-state index in [1.807, 2.05) is 26.0 Å². The number of carbonyl (C=O) groups excluding carboxylic acids is 1. The number of nitrogens with one attached hydrogen (secondary N) is 1. The minimum absolute atomic E-state index is 0.0306. The van der Waals surface area contributed by atoms with Gasteiger partial charge in [-0.25, -0.2) is 0 Å². The molecule has 0 bridgehead atoms. The molecular weight excluding hydrogens is 270 g/mol. The fourth-order valence-corrected chi connectivity index (χ4v) is 1.99. The van der Waals surface area contributed by atoms with Crippen LogP contribution in [-0.2, 0) is 0 Å². The van der Waals surface area contributed by atoms with E-state index in [-0.39, 0.29) is 16.9 Å². The van der Waals surface area contributed by atoms with E-state index in [1.165, 1.54) is 18.2 Å². The SMILES string of the molecule is Cc1ccc(NC(=O)c2ccc(N)c([N+](=O)[O-])c2)c(C)c1. The third kappa shape index (κ3) is 3.17. The lowest BCUT2D eigenvalue weighted by atomic mass is 10.1. The van der Waals surface area contributed by atoms with Crippen LogP contribution in [-0.4, -0.2) is 10.8 Å². The standard InChI is InChI=1S/C15H15N3O3/c1-9-3-6-13(10(2)7-9)17-15(19)11-4-5-12(16)14(8-11)18(20)21/h3-8H,16H2,1-2H3,(H,17,19). The van der Waals surface area contributed by atoms with Crippen LogP contribution in [0, 0.1) is 24.0 Å². The Labute approximate surface area is 121 Å². The molecule has 0 aliphatic rings. The smallest absolute Gasteiger partial charge is 0.292 e. The van der Waals surface area contributed by atoms with Crippen LogP contribution in [0.1, 0.15) is 21.5 Å². The number of anilines is 2. The lowest BCUT2D eigenvalue weighted by Crippen LogP contribution is -2.13. The van der Waals surface area contributed by atoms with Gasteiger partial charge in [-0.05, 0) is 37.6 Å². The van der Waals surface area contributed by atoms with Crippen molar-refractivity contribution < 1.29 is 9.72 Å². The first-order chi connectivity index (χ1) is 9.88. The van der Waals surface area contributed by atoms with Crippen LogP contribution >= 0.6 is 0 Å². The van der Waals surface area contributed by atoms with Gasteiger partial charge in [-0.1, -0.05) is 17.7 Å². The number of nitro groups is 1. The van der Waals surface area contributed by atoms with E-state index < -0.39 is 10.8 Å². The molecule has 21 heavy (non-hydrogen) atoms. The lowest BCUT2D eigenvalue weighted by molar-refractivity contribution is -0.383. The molecule has 0 aliphatic carbocycles. The Kier molecular flexibility index (Phi) is 3.89. The number of benzene rings is 2. The molecule has 2 aromatic carbocycles. The van der Waals surface area contributed by atoms with Crippen LogP contribution in [0.25, 0.3) is 0 Å². The molecule has 0 unspecified atom stereocenters. The normalized spacial score (nSPS) is 10.2. The number of aryl methyl sites for hydroxylation is 2. The number of nitrogen functional groups attached to an aromatic ring is 1. The van der Waals surface area contributed by atoms with Gasteiger partial charge < -0.3 is 11.1 Å². The first-order valence-electron chi connectivity index (χ1n) is 6.31. The fraction of sp³-hybridized carbons (Fsp3) is 0.133. The quantitative estimate of drug-likeness (QED) is 0.514. The number of carbonyl (C=O) groups is 1. The number of amides is 1. The molecule has 1 amide bonds. The number of nitrogens with two attached hydrogens (primary N) is 1. The molecular formula is C15H15N3O3. The molecule has 0 aromatic heterocycles. The maximum atomic E-state index is 12.2. The highest BCUT2D eigenvalue weighted by atomic mass is 16.6. The number of nitrogens with zero attached hydrogens (tertiary/aromatic N) is 1. The molecule has 0 spiro atoms. The summed E-state index contributed by atoms with van der Waals surface area (Å²) in [6.45, 7) is 3.84. The predicted molar refractivity (Wildman–Crippen MR) is 81.4 cm³/mol. The van der Waals surface area contributed by atoms with Crippen LogP contribution in [0.15, 0.2) is 36.4 Å². The zero-order chi connectivity index (χ0) is 15.6. The minimum Gasteiger partial charge on any atom is -0.393 e. The van der Waals surface area contributed by atoms with Gasteiger partial charge in [0.05, 0.1) is 4.92 Å². The van der Waals surface area contributed by atoms with Crippen molar-refractivity contribution in [2.75, 3.05) is 11.1 Å². The summed E-state index contributed by atoms with van der Waals surface area (Å²) in [5, 5.41) is 13.6. The fourth-order valence-electron chi connectivity index (χ4n) is 1.99. The van der Waals surface area contributed by atoms with Gasteiger partial charge in [0.15, 0.2) is 0 Å². The van der Waals surface area contributed by atoms with Gasteiger partial charge in [-0.3, -0.25) is 14.9 Å². The molecule has 0 saturated carbocycles. The maximum absolute atomic E-state index is 12.2. The van der Waals surface area contributed by atoms with Crippen molar-refractivity contribution in [2.24, 2.45) is 0 Å². The summed E-state index contributed by atoms with van der Waals surface area (Å²) >= 11 is 0. The average molecular weight is 285 g/mol. The Bertz CT molecular complexity index is 726. The number of hydrogen-bond acceptors (Lipinski definition) is 4. The highest BCUT2D eigenvalue weighted by Crippen LogP contribution is 2.23. The van der Waals surface area contributed by atoms with Gasteiger partial charge in [-0.15, -0.1) is 0 Å². The zero-order valence-corrected chi connectivity index (χ0v) is 11.7. The number of hydrogen-bond donors (Lipinski definition) is 2. The van der Waals surface area contributed by atoms with Crippen LogP contribution in [0.2, 0.25) is 0 Å². The summed E-state index contributed by atoms with van der Waals surface area (Å²) in [5.74, 6) is -0.412. The highest BCUT2D eigenvalue weighted by molar-refractivity contribution is 6.05. The molecule has 0 saturated heterocycles. The molecule has 6 nitrogen and oxygen atoms in total. The van der Waals surface area contributed by atoms with E-state index in [1.54, 1.807) is 6.07 Å². The third-order valence-electron chi connectivity index (χ3n) is 3.12. The molecule has 0 heterocycles. The van der Waals surface area contributed by atoms with Crippen LogP contribution in [0.3, 0.4) is 0 Å². The Hall–Kier alpha value is -2.89. The largest absolute Gasteiger partial charge is 0.393 e. The first-order valence-corrected chi connectivity index (χ1v) is 6.31. The molecule has 2 aromatic rings. The summed E-state index contributed by atoms with van der Waals surface area (Å²) in [6, 6.07) is 9.62. The van der Waals surface area contributed by atoms with E-state index in [0.717, 1.165) is 11.1 Å². The Morgan fingerprint density at radius 2 is 1.90 bits per heavy atom. The van der Waals surface area contributed by atoms with Crippen molar-refractivity contribution in [2.45, 2.75) is 13.8 Å². The van der Waals surface area contributed by atoms with Gasteiger partial charge in [0.1, 0.15) is 5.69 Å². The van der Waals surface area contributed by atoms with Crippen LogP contribution < -0.4 is 11.1 Å². The Morgan fingerprint density at radius 1 is 1.19 bits per heavy atom. The van der Waals surface area contributed by atoms with Crippen molar-refractivity contribution >= 4 is 23.0 Å². The summed E-state index contributed by atoms with van der Waals surface area (Å²) in [5.41, 5.74) is 8.14. The topological polar surface area (TPSA) is 98.3 Å². The molecule has 6 heteroatoms. The molecule has 108 valence electrons. The molecule has 0 atom stereocenters. The number of nitro benzene ring substituents is 1. The minimum atomic E-state index is -0.608. The summed E-state index contributed by atoms with van der Waals surface area (Å²) in [6.07, 6.45) is 0. The second-order valence-corrected chi connectivity index (χ2v) is 4.80. The zero-order valence-electron chi connectivity index (χ0n) is 11.7. The molecule has 0 fully saturated rings. The van der Waals surface area contributed by atoms with Crippen molar-refractivity contribution in [1.29, 1.82) is 0 Å². The van der Waals surface area contributed by atoms with Crippen molar-refractivity contribution in [3.63, 3.8) is 0 Å². The van der Waals surface area contributed by atoms with E-state index in [0.29, 0.717) is 5.69 Å². The van der Waals surface area contributed by atoms with Gasteiger partial charge in [0.2, 0.25) is 0 Å². The van der Waals surface area contributed by atoms with Crippen LogP contribution in [0.5, 0.6) is 0 Å². The van der Waals surface area contributed by atoms with Crippen LogP contribution in [0.4, 0.5) is 17.1 Å².